The Morgan fingerprint density at radius 3 is 2.50 bits per heavy atom. The Labute approximate surface area is 134 Å². The number of hydrogen-bond donors (Lipinski definition) is 2. The lowest BCUT2D eigenvalue weighted by Crippen LogP contribution is -2.42. The van der Waals surface area contributed by atoms with E-state index in [0.29, 0.717) is 5.56 Å². The van der Waals surface area contributed by atoms with Gasteiger partial charge >= 0.3 is 0 Å². The predicted molar refractivity (Wildman–Crippen MR) is 84.5 cm³/mol. The van der Waals surface area contributed by atoms with Gasteiger partial charge in [-0.1, -0.05) is 18.5 Å². The normalized spacial score (nSPS) is 11.0. The molecule has 0 aliphatic carbocycles. The predicted octanol–water partition coefficient (Wildman–Crippen LogP) is 2.13. The first-order chi connectivity index (χ1) is 10.2. The van der Waals surface area contributed by atoms with Gasteiger partial charge in [-0.3, -0.25) is 9.59 Å². The van der Waals surface area contributed by atoms with E-state index in [0.717, 1.165) is 6.42 Å². The first-order valence-electron chi connectivity index (χ1n) is 6.81. The quantitative estimate of drug-likeness (QED) is 0.802. The van der Waals surface area contributed by atoms with E-state index in [1.807, 2.05) is 20.8 Å². The van der Waals surface area contributed by atoms with Crippen LogP contribution in [0.15, 0.2) is 12.1 Å². The van der Waals surface area contributed by atoms with Gasteiger partial charge in [-0.15, -0.1) is 0 Å². The third kappa shape index (κ3) is 4.80. The minimum Gasteiger partial charge on any atom is -0.493 e. The maximum atomic E-state index is 12.3. The minimum atomic E-state index is -0.635. The maximum Gasteiger partial charge on any atom is 0.255 e. The van der Waals surface area contributed by atoms with Crippen LogP contribution in [0.2, 0.25) is 5.02 Å². The molecule has 0 aliphatic heterocycles. The van der Waals surface area contributed by atoms with Crippen molar-refractivity contribution < 1.29 is 19.1 Å². The second-order valence-corrected chi connectivity index (χ2v) is 5.84. The van der Waals surface area contributed by atoms with Crippen LogP contribution in [0.1, 0.15) is 37.6 Å². The van der Waals surface area contributed by atoms with Crippen molar-refractivity contribution in [1.29, 1.82) is 0 Å². The summed E-state index contributed by atoms with van der Waals surface area (Å²) in [4.78, 5) is 23.1. The van der Waals surface area contributed by atoms with E-state index < -0.39 is 5.91 Å². The van der Waals surface area contributed by atoms with Crippen LogP contribution >= 0.6 is 11.6 Å². The molecule has 6 nitrogen and oxygen atoms in total. The summed E-state index contributed by atoms with van der Waals surface area (Å²) in [5.41, 5.74) is 5.04. The summed E-state index contributed by atoms with van der Waals surface area (Å²) < 4.78 is 10.4. The number of benzene rings is 1. The zero-order valence-corrected chi connectivity index (χ0v) is 13.9. The third-order valence-electron chi connectivity index (χ3n) is 3.19. The van der Waals surface area contributed by atoms with Crippen LogP contribution in [0.4, 0.5) is 0 Å². The molecule has 3 N–H and O–H groups in total. The SMILES string of the molecule is CCC(C)(C)NC(=O)c1cc(Cl)c(OCC(N)=O)c(OC)c1. The van der Waals surface area contributed by atoms with E-state index >= 15 is 0 Å². The van der Waals surface area contributed by atoms with Crippen molar-refractivity contribution in [2.45, 2.75) is 32.7 Å². The lowest BCUT2D eigenvalue weighted by molar-refractivity contribution is -0.119. The lowest BCUT2D eigenvalue weighted by Gasteiger charge is -2.24. The monoisotopic (exact) mass is 328 g/mol. The molecule has 1 aromatic rings. The second kappa shape index (κ2) is 7.35. The summed E-state index contributed by atoms with van der Waals surface area (Å²) in [5.74, 6) is -0.472. The topological polar surface area (TPSA) is 90.6 Å². The number of hydrogen-bond acceptors (Lipinski definition) is 4. The number of rotatable bonds is 7. The molecule has 2 amide bonds. The van der Waals surface area contributed by atoms with E-state index in [9.17, 15) is 9.59 Å². The maximum absolute atomic E-state index is 12.3. The Kier molecular flexibility index (Phi) is 6.05. The summed E-state index contributed by atoms with van der Waals surface area (Å²) in [7, 11) is 1.42. The average Bonchev–Trinajstić information content (AvgIpc) is 2.44. The molecule has 0 spiro atoms. The van der Waals surface area contributed by atoms with Crippen LogP contribution in [-0.4, -0.2) is 31.1 Å². The lowest BCUT2D eigenvalue weighted by atomic mass is 10.0. The van der Waals surface area contributed by atoms with Crippen molar-refractivity contribution >= 4 is 23.4 Å². The molecule has 0 fully saturated rings. The van der Waals surface area contributed by atoms with Crippen molar-refractivity contribution in [2.75, 3.05) is 13.7 Å². The van der Waals surface area contributed by atoms with Crippen LogP contribution in [0, 0.1) is 0 Å². The number of carbonyl (C=O) groups is 2. The van der Waals surface area contributed by atoms with Gasteiger partial charge in [0.25, 0.3) is 11.8 Å². The third-order valence-corrected chi connectivity index (χ3v) is 3.47. The summed E-state index contributed by atoms with van der Waals surface area (Å²) in [6.07, 6.45) is 0.781. The Morgan fingerprint density at radius 1 is 1.36 bits per heavy atom. The number of halogens is 1. The number of ether oxygens (including phenoxy) is 2. The molecule has 0 aromatic heterocycles. The zero-order valence-electron chi connectivity index (χ0n) is 13.2. The van der Waals surface area contributed by atoms with E-state index in [1.54, 1.807) is 0 Å². The molecule has 0 bridgehead atoms. The Bertz CT molecular complexity index is 573. The molecule has 122 valence electrons. The van der Waals surface area contributed by atoms with Gasteiger partial charge in [0.1, 0.15) is 0 Å². The van der Waals surface area contributed by atoms with Gasteiger partial charge in [-0.05, 0) is 32.4 Å². The average molecular weight is 329 g/mol. The van der Waals surface area contributed by atoms with E-state index in [2.05, 4.69) is 5.32 Å². The molecular weight excluding hydrogens is 308 g/mol. The van der Waals surface area contributed by atoms with Crippen molar-refractivity contribution in [1.82, 2.24) is 5.32 Å². The highest BCUT2D eigenvalue weighted by atomic mass is 35.5. The van der Waals surface area contributed by atoms with Gasteiger partial charge in [-0.2, -0.15) is 0 Å². The van der Waals surface area contributed by atoms with Gasteiger partial charge in [0.15, 0.2) is 18.1 Å². The van der Waals surface area contributed by atoms with Gasteiger partial charge in [0, 0.05) is 11.1 Å². The molecule has 22 heavy (non-hydrogen) atoms. The van der Waals surface area contributed by atoms with Crippen molar-refractivity contribution in [3.05, 3.63) is 22.7 Å². The number of nitrogens with two attached hydrogens (primary N) is 1. The van der Waals surface area contributed by atoms with Crippen LogP contribution in [0.3, 0.4) is 0 Å². The minimum absolute atomic E-state index is 0.167. The molecule has 0 aliphatic rings. The molecule has 0 saturated carbocycles. The number of nitrogens with one attached hydrogen (secondary N) is 1. The smallest absolute Gasteiger partial charge is 0.255 e. The van der Waals surface area contributed by atoms with Crippen molar-refractivity contribution in [2.24, 2.45) is 5.73 Å². The number of primary amides is 1. The summed E-state index contributed by atoms with van der Waals surface area (Å²) in [5, 5.41) is 3.07. The van der Waals surface area contributed by atoms with E-state index in [4.69, 9.17) is 26.8 Å². The van der Waals surface area contributed by atoms with Crippen molar-refractivity contribution in [3.63, 3.8) is 0 Å². The van der Waals surface area contributed by atoms with Crippen LogP contribution in [0.5, 0.6) is 11.5 Å². The molecule has 0 atom stereocenters. The fourth-order valence-corrected chi connectivity index (χ4v) is 1.87. The molecule has 1 rings (SSSR count). The number of carbonyl (C=O) groups excluding carboxylic acids is 2. The van der Waals surface area contributed by atoms with E-state index in [1.165, 1.54) is 19.2 Å². The highest BCUT2D eigenvalue weighted by Gasteiger charge is 2.21. The van der Waals surface area contributed by atoms with E-state index in [-0.39, 0.29) is 34.6 Å². The highest BCUT2D eigenvalue weighted by Crippen LogP contribution is 2.36. The molecule has 7 heteroatoms. The fourth-order valence-electron chi connectivity index (χ4n) is 1.60. The highest BCUT2D eigenvalue weighted by molar-refractivity contribution is 6.32. The van der Waals surface area contributed by atoms with Crippen LogP contribution in [-0.2, 0) is 4.79 Å². The molecular formula is C15H21ClN2O4. The van der Waals surface area contributed by atoms with Gasteiger partial charge < -0.3 is 20.5 Å². The van der Waals surface area contributed by atoms with Crippen LogP contribution < -0.4 is 20.5 Å². The standard InChI is InChI=1S/C15H21ClN2O4/c1-5-15(2,3)18-14(20)9-6-10(16)13(11(7-9)21-4)22-8-12(17)19/h6-7H,5,8H2,1-4H3,(H2,17,19)(H,18,20). The molecule has 0 heterocycles. The summed E-state index contributed by atoms with van der Waals surface area (Å²) in [6.45, 7) is 5.50. The fraction of sp³-hybridized carbons (Fsp3) is 0.467. The van der Waals surface area contributed by atoms with Gasteiger partial charge in [0.05, 0.1) is 12.1 Å². The molecule has 0 saturated heterocycles. The largest absolute Gasteiger partial charge is 0.493 e. The molecule has 0 radical (unpaired) electrons. The summed E-state index contributed by atoms with van der Waals surface area (Å²) >= 11 is 6.11. The molecule has 1 aromatic carbocycles. The van der Waals surface area contributed by atoms with Crippen molar-refractivity contribution in [3.8, 4) is 11.5 Å². The number of methoxy groups -OCH3 is 1. The first kappa shape index (κ1) is 18.1. The first-order valence-corrected chi connectivity index (χ1v) is 7.19. The Balaban J connectivity index is 3.07. The Morgan fingerprint density at radius 2 is 2.00 bits per heavy atom. The summed E-state index contributed by atoms with van der Waals surface area (Å²) in [6, 6.07) is 2.96. The Hall–Kier alpha value is -1.95. The second-order valence-electron chi connectivity index (χ2n) is 5.44. The zero-order chi connectivity index (χ0) is 16.9. The van der Waals surface area contributed by atoms with Gasteiger partial charge in [-0.25, -0.2) is 0 Å². The molecule has 0 unspecified atom stereocenters. The van der Waals surface area contributed by atoms with Gasteiger partial charge in [0.2, 0.25) is 0 Å². The van der Waals surface area contributed by atoms with Crippen LogP contribution in [0.25, 0.3) is 0 Å². The number of amides is 2.